The van der Waals surface area contributed by atoms with Gasteiger partial charge in [-0.1, -0.05) is 41.4 Å². The second-order valence-electron chi connectivity index (χ2n) is 5.94. The summed E-state index contributed by atoms with van der Waals surface area (Å²) in [5.41, 5.74) is 1.20. The highest BCUT2D eigenvalue weighted by Crippen LogP contribution is 2.38. The Morgan fingerprint density at radius 2 is 1.72 bits per heavy atom. The molecule has 0 spiro atoms. The molecule has 0 bridgehead atoms. The highest BCUT2D eigenvalue weighted by atomic mass is 35.5. The Hall–Kier alpha value is -2.61. The average Bonchev–Trinajstić information content (AvgIpc) is 2.65. The first kappa shape index (κ1) is 21.1. The predicted molar refractivity (Wildman–Crippen MR) is 115 cm³/mol. The zero-order chi connectivity index (χ0) is 21.0. The van der Waals surface area contributed by atoms with E-state index >= 15 is 0 Å². The molecular formula is C20H16Cl2N2O4S. The van der Waals surface area contributed by atoms with Gasteiger partial charge in [-0.2, -0.15) is 0 Å². The SMILES string of the molecule is CCOc1cc(C=C2C(=O)NC(=S)NC2=O)cc(Cl)c1OCc1ccccc1Cl. The minimum atomic E-state index is -0.591. The highest BCUT2D eigenvalue weighted by molar-refractivity contribution is 7.80. The molecule has 1 aliphatic heterocycles. The molecule has 0 atom stereocenters. The molecule has 150 valence electrons. The summed E-state index contributed by atoms with van der Waals surface area (Å²) in [5.74, 6) is -0.459. The van der Waals surface area contributed by atoms with E-state index in [2.05, 4.69) is 10.6 Å². The van der Waals surface area contributed by atoms with Gasteiger partial charge in [0, 0.05) is 10.6 Å². The second kappa shape index (κ2) is 9.26. The van der Waals surface area contributed by atoms with Crippen molar-refractivity contribution in [3.05, 3.63) is 63.1 Å². The smallest absolute Gasteiger partial charge is 0.263 e. The second-order valence-corrected chi connectivity index (χ2v) is 7.16. The Bertz CT molecular complexity index is 1000. The molecule has 2 amide bonds. The number of amides is 2. The summed E-state index contributed by atoms with van der Waals surface area (Å²) in [6, 6.07) is 10.5. The van der Waals surface area contributed by atoms with Crippen LogP contribution in [0.15, 0.2) is 42.0 Å². The Balaban J connectivity index is 1.91. The molecule has 1 fully saturated rings. The van der Waals surface area contributed by atoms with Crippen LogP contribution in [0.25, 0.3) is 6.08 Å². The highest BCUT2D eigenvalue weighted by Gasteiger charge is 2.26. The van der Waals surface area contributed by atoms with Gasteiger partial charge in [0.1, 0.15) is 12.2 Å². The van der Waals surface area contributed by atoms with E-state index in [0.29, 0.717) is 28.7 Å². The van der Waals surface area contributed by atoms with Crippen LogP contribution in [-0.4, -0.2) is 23.5 Å². The number of rotatable bonds is 6. The van der Waals surface area contributed by atoms with Crippen molar-refractivity contribution in [2.75, 3.05) is 6.61 Å². The van der Waals surface area contributed by atoms with Crippen LogP contribution in [0, 0.1) is 0 Å². The van der Waals surface area contributed by atoms with E-state index in [1.54, 1.807) is 18.2 Å². The standard InChI is InChI=1S/C20H16Cl2N2O4S/c1-2-27-16-9-11(7-13-18(25)23-20(29)24-19(13)26)8-15(22)17(16)28-10-12-5-3-4-6-14(12)21/h3-9H,2,10H2,1H3,(H2,23,24,25,26,29). The maximum atomic E-state index is 12.0. The molecule has 0 unspecified atom stereocenters. The summed E-state index contributed by atoms with van der Waals surface area (Å²) < 4.78 is 11.5. The molecule has 2 N–H and O–H groups in total. The van der Waals surface area contributed by atoms with Crippen molar-refractivity contribution in [2.24, 2.45) is 0 Å². The van der Waals surface area contributed by atoms with Crippen LogP contribution < -0.4 is 20.1 Å². The molecule has 1 heterocycles. The van der Waals surface area contributed by atoms with E-state index in [9.17, 15) is 9.59 Å². The number of thiocarbonyl (C=S) groups is 1. The monoisotopic (exact) mass is 450 g/mol. The number of nitrogens with one attached hydrogen (secondary N) is 2. The van der Waals surface area contributed by atoms with Gasteiger partial charge in [-0.15, -0.1) is 0 Å². The van der Waals surface area contributed by atoms with Crippen LogP contribution in [-0.2, 0) is 16.2 Å². The first-order valence-corrected chi connectivity index (χ1v) is 9.76. The normalized spacial score (nSPS) is 13.6. The first-order chi connectivity index (χ1) is 13.9. The van der Waals surface area contributed by atoms with Crippen molar-refractivity contribution in [1.29, 1.82) is 0 Å². The first-order valence-electron chi connectivity index (χ1n) is 8.60. The molecule has 9 heteroatoms. The molecule has 29 heavy (non-hydrogen) atoms. The number of ether oxygens (including phenoxy) is 2. The third-order valence-electron chi connectivity index (χ3n) is 3.92. The van der Waals surface area contributed by atoms with Gasteiger partial charge in [-0.25, -0.2) is 0 Å². The molecule has 1 saturated heterocycles. The fraction of sp³-hybridized carbons (Fsp3) is 0.150. The zero-order valence-corrected chi connectivity index (χ0v) is 17.6. The molecule has 0 aromatic heterocycles. The van der Waals surface area contributed by atoms with E-state index in [-0.39, 0.29) is 22.3 Å². The molecule has 2 aromatic carbocycles. The molecule has 1 aliphatic rings. The van der Waals surface area contributed by atoms with Gasteiger partial charge in [0.25, 0.3) is 11.8 Å². The summed E-state index contributed by atoms with van der Waals surface area (Å²) in [6.45, 7) is 2.38. The van der Waals surface area contributed by atoms with Crippen molar-refractivity contribution in [2.45, 2.75) is 13.5 Å². The number of carbonyl (C=O) groups is 2. The topological polar surface area (TPSA) is 76.7 Å². The third kappa shape index (κ3) is 5.06. The largest absolute Gasteiger partial charge is 0.490 e. The minimum absolute atomic E-state index is 0.0338. The van der Waals surface area contributed by atoms with Gasteiger partial charge in [0.15, 0.2) is 16.6 Å². The van der Waals surface area contributed by atoms with Gasteiger partial charge in [0.05, 0.1) is 11.6 Å². The van der Waals surface area contributed by atoms with Gasteiger partial charge < -0.3 is 9.47 Å². The number of halogens is 2. The van der Waals surface area contributed by atoms with Crippen LogP contribution in [0.5, 0.6) is 11.5 Å². The lowest BCUT2D eigenvalue weighted by molar-refractivity contribution is -0.123. The quantitative estimate of drug-likeness (QED) is 0.396. The third-order valence-corrected chi connectivity index (χ3v) is 4.77. The maximum Gasteiger partial charge on any atom is 0.263 e. The summed E-state index contributed by atoms with van der Waals surface area (Å²) in [6.07, 6.45) is 1.40. The van der Waals surface area contributed by atoms with E-state index in [4.69, 9.17) is 44.9 Å². The van der Waals surface area contributed by atoms with Crippen LogP contribution in [0.1, 0.15) is 18.1 Å². The molecule has 0 radical (unpaired) electrons. The Labute approximate surface area is 182 Å². The molecule has 3 rings (SSSR count). The summed E-state index contributed by atoms with van der Waals surface area (Å²) in [4.78, 5) is 24.1. The Kier molecular flexibility index (Phi) is 6.74. The fourth-order valence-electron chi connectivity index (χ4n) is 2.61. The molecule has 0 aliphatic carbocycles. The lowest BCUT2D eigenvalue weighted by Gasteiger charge is -2.17. The Morgan fingerprint density at radius 3 is 2.38 bits per heavy atom. The Morgan fingerprint density at radius 1 is 1.03 bits per heavy atom. The van der Waals surface area contributed by atoms with Crippen molar-refractivity contribution in [3.8, 4) is 11.5 Å². The number of hydrogen-bond donors (Lipinski definition) is 2. The number of benzene rings is 2. The maximum absolute atomic E-state index is 12.0. The number of carbonyl (C=O) groups excluding carboxylic acids is 2. The van der Waals surface area contributed by atoms with E-state index < -0.39 is 11.8 Å². The van der Waals surface area contributed by atoms with E-state index in [1.807, 2.05) is 25.1 Å². The van der Waals surface area contributed by atoms with Gasteiger partial charge in [-0.05, 0) is 49.0 Å². The lowest BCUT2D eigenvalue weighted by atomic mass is 10.1. The fourth-order valence-corrected chi connectivity index (χ4v) is 3.26. The lowest BCUT2D eigenvalue weighted by Crippen LogP contribution is -2.51. The molecular weight excluding hydrogens is 435 g/mol. The van der Waals surface area contributed by atoms with Crippen molar-refractivity contribution in [1.82, 2.24) is 10.6 Å². The predicted octanol–water partition coefficient (Wildman–Crippen LogP) is 3.89. The number of hydrogen-bond acceptors (Lipinski definition) is 5. The summed E-state index contributed by atoms with van der Waals surface area (Å²) in [7, 11) is 0. The molecule has 0 saturated carbocycles. The van der Waals surface area contributed by atoms with Gasteiger partial charge >= 0.3 is 0 Å². The van der Waals surface area contributed by atoms with E-state index in [0.717, 1.165) is 5.56 Å². The molecule has 2 aromatic rings. The minimum Gasteiger partial charge on any atom is -0.490 e. The van der Waals surface area contributed by atoms with Crippen LogP contribution in [0.4, 0.5) is 0 Å². The van der Waals surface area contributed by atoms with Gasteiger partial charge in [-0.3, -0.25) is 20.2 Å². The van der Waals surface area contributed by atoms with Crippen molar-refractivity contribution < 1.29 is 19.1 Å². The zero-order valence-electron chi connectivity index (χ0n) is 15.3. The van der Waals surface area contributed by atoms with E-state index in [1.165, 1.54) is 6.08 Å². The van der Waals surface area contributed by atoms with Crippen molar-refractivity contribution in [3.63, 3.8) is 0 Å². The van der Waals surface area contributed by atoms with Gasteiger partial charge in [0.2, 0.25) is 0 Å². The van der Waals surface area contributed by atoms with Crippen LogP contribution in [0.2, 0.25) is 10.0 Å². The summed E-state index contributed by atoms with van der Waals surface area (Å²) >= 11 is 17.4. The van der Waals surface area contributed by atoms with Crippen LogP contribution >= 0.6 is 35.4 Å². The van der Waals surface area contributed by atoms with Crippen LogP contribution in [0.3, 0.4) is 0 Å². The average molecular weight is 451 g/mol. The molecule has 6 nitrogen and oxygen atoms in total. The summed E-state index contributed by atoms with van der Waals surface area (Å²) in [5, 5.41) is 5.57. The van der Waals surface area contributed by atoms with Crippen molar-refractivity contribution >= 4 is 58.4 Å².